The summed E-state index contributed by atoms with van der Waals surface area (Å²) in [6, 6.07) is -0.384. The van der Waals surface area contributed by atoms with Crippen molar-refractivity contribution >= 4 is 23.6 Å². The molecule has 2 aliphatic heterocycles. The molecule has 96 valence electrons. The Hall–Kier alpha value is -0.750. The highest BCUT2D eigenvalue weighted by atomic mass is 32.2. The van der Waals surface area contributed by atoms with Gasteiger partial charge in [0.05, 0.1) is 6.10 Å². The Balaban J connectivity index is 1.91. The van der Waals surface area contributed by atoms with Crippen LogP contribution in [-0.4, -0.2) is 58.6 Å². The molecule has 2 aliphatic rings. The number of hydrogen-bond donors (Lipinski definition) is 2. The second-order valence-electron chi connectivity index (χ2n) is 4.50. The van der Waals surface area contributed by atoms with E-state index in [1.807, 2.05) is 0 Å². The van der Waals surface area contributed by atoms with E-state index < -0.39 is 0 Å². The Kier molecular flexibility index (Phi) is 4.28. The van der Waals surface area contributed by atoms with Crippen molar-refractivity contribution in [3.63, 3.8) is 0 Å². The van der Waals surface area contributed by atoms with Gasteiger partial charge in [0.2, 0.25) is 11.8 Å². The Morgan fingerprint density at radius 3 is 2.82 bits per heavy atom. The lowest BCUT2D eigenvalue weighted by atomic mass is 10.1. The molecule has 0 aromatic carbocycles. The lowest BCUT2D eigenvalue weighted by Crippen LogP contribution is -2.51. The third-order valence-electron chi connectivity index (χ3n) is 3.17. The average Bonchev–Trinajstić information content (AvgIpc) is 2.54. The fraction of sp³-hybridized carbons (Fsp3) is 0.818. The summed E-state index contributed by atoms with van der Waals surface area (Å²) in [5.41, 5.74) is 0. The van der Waals surface area contributed by atoms with Crippen molar-refractivity contribution in [2.45, 2.75) is 31.4 Å². The number of likely N-dealkylation sites (tertiary alicyclic amines) is 1. The zero-order chi connectivity index (χ0) is 12.3. The van der Waals surface area contributed by atoms with Gasteiger partial charge in [-0.25, -0.2) is 0 Å². The largest absolute Gasteiger partial charge is 0.393 e. The minimum Gasteiger partial charge on any atom is -0.393 e. The van der Waals surface area contributed by atoms with Crippen LogP contribution in [0.5, 0.6) is 0 Å². The lowest BCUT2D eigenvalue weighted by molar-refractivity contribution is -0.137. The van der Waals surface area contributed by atoms with Crippen molar-refractivity contribution in [1.82, 2.24) is 10.2 Å². The number of hydrogen-bond acceptors (Lipinski definition) is 4. The highest BCUT2D eigenvalue weighted by Gasteiger charge is 2.29. The van der Waals surface area contributed by atoms with Crippen LogP contribution in [0.15, 0.2) is 0 Å². The van der Waals surface area contributed by atoms with Crippen molar-refractivity contribution in [2.24, 2.45) is 0 Å². The molecular formula is C11H18N2O3S. The van der Waals surface area contributed by atoms with Crippen molar-refractivity contribution in [1.29, 1.82) is 0 Å². The summed E-state index contributed by atoms with van der Waals surface area (Å²) in [5, 5.41) is 12.2. The first-order valence-corrected chi connectivity index (χ1v) is 7.16. The van der Waals surface area contributed by atoms with Crippen LogP contribution in [0.4, 0.5) is 0 Å². The molecule has 0 aromatic rings. The van der Waals surface area contributed by atoms with Gasteiger partial charge in [0.25, 0.3) is 0 Å². The lowest BCUT2D eigenvalue weighted by Gasteiger charge is -2.32. The van der Waals surface area contributed by atoms with Crippen LogP contribution < -0.4 is 5.32 Å². The highest BCUT2D eigenvalue weighted by Crippen LogP contribution is 2.15. The van der Waals surface area contributed by atoms with E-state index >= 15 is 0 Å². The van der Waals surface area contributed by atoms with Gasteiger partial charge < -0.3 is 15.3 Å². The molecule has 2 fully saturated rings. The molecule has 2 rings (SSSR count). The quantitative estimate of drug-likeness (QED) is 0.671. The molecular weight excluding hydrogens is 240 g/mol. The van der Waals surface area contributed by atoms with Crippen LogP contribution in [-0.2, 0) is 9.59 Å². The van der Waals surface area contributed by atoms with Gasteiger partial charge in [0.1, 0.15) is 6.04 Å². The zero-order valence-electron chi connectivity index (χ0n) is 9.72. The molecule has 2 amide bonds. The standard InChI is InChI=1S/C11H18N2O3S/c14-8-1-4-13(5-2-8)11(16)9-7-17-6-3-10(15)12-9/h8-9,14H,1-7H2,(H,12,15). The van der Waals surface area contributed by atoms with E-state index in [2.05, 4.69) is 5.32 Å². The number of carbonyl (C=O) groups is 2. The third kappa shape index (κ3) is 3.35. The van der Waals surface area contributed by atoms with Gasteiger partial charge in [-0.1, -0.05) is 0 Å². The molecule has 0 bridgehead atoms. The Morgan fingerprint density at radius 1 is 1.41 bits per heavy atom. The highest BCUT2D eigenvalue weighted by molar-refractivity contribution is 7.99. The van der Waals surface area contributed by atoms with Gasteiger partial charge in [0, 0.05) is 31.0 Å². The average molecular weight is 258 g/mol. The number of aliphatic hydroxyl groups is 1. The van der Waals surface area contributed by atoms with Crippen LogP contribution in [0.2, 0.25) is 0 Å². The van der Waals surface area contributed by atoms with Crippen molar-refractivity contribution in [2.75, 3.05) is 24.6 Å². The first kappa shape index (κ1) is 12.7. The molecule has 17 heavy (non-hydrogen) atoms. The van der Waals surface area contributed by atoms with E-state index in [1.54, 1.807) is 16.7 Å². The van der Waals surface area contributed by atoms with E-state index in [9.17, 15) is 14.7 Å². The van der Waals surface area contributed by atoms with E-state index in [0.717, 1.165) is 5.75 Å². The van der Waals surface area contributed by atoms with Gasteiger partial charge >= 0.3 is 0 Å². The van der Waals surface area contributed by atoms with Gasteiger partial charge in [-0.15, -0.1) is 0 Å². The fourth-order valence-electron chi connectivity index (χ4n) is 2.11. The maximum atomic E-state index is 12.2. The topological polar surface area (TPSA) is 69.6 Å². The van der Waals surface area contributed by atoms with Crippen LogP contribution in [0.3, 0.4) is 0 Å². The van der Waals surface area contributed by atoms with Crippen molar-refractivity contribution in [3.05, 3.63) is 0 Å². The molecule has 0 saturated carbocycles. The van der Waals surface area contributed by atoms with Crippen LogP contribution in [0.1, 0.15) is 19.3 Å². The summed E-state index contributed by atoms with van der Waals surface area (Å²) in [6.07, 6.45) is 1.49. The third-order valence-corrected chi connectivity index (χ3v) is 4.23. The minimum absolute atomic E-state index is 0.000324. The molecule has 0 spiro atoms. The van der Waals surface area contributed by atoms with Gasteiger partial charge in [-0.2, -0.15) is 11.8 Å². The Morgan fingerprint density at radius 2 is 2.12 bits per heavy atom. The van der Waals surface area contributed by atoms with Gasteiger partial charge in [0.15, 0.2) is 0 Å². The molecule has 2 saturated heterocycles. The van der Waals surface area contributed by atoms with Crippen LogP contribution in [0.25, 0.3) is 0 Å². The normalized spacial score (nSPS) is 27.5. The van der Waals surface area contributed by atoms with E-state index in [1.165, 1.54) is 0 Å². The number of piperidine rings is 1. The van der Waals surface area contributed by atoms with E-state index in [-0.39, 0.29) is 24.0 Å². The number of rotatable bonds is 1. The fourth-order valence-corrected chi connectivity index (χ4v) is 3.07. The van der Waals surface area contributed by atoms with Crippen LogP contribution >= 0.6 is 11.8 Å². The summed E-state index contributed by atoms with van der Waals surface area (Å²) < 4.78 is 0. The number of aliphatic hydroxyl groups excluding tert-OH is 1. The number of carbonyl (C=O) groups excluding carboxylic acids is 2. The van der Waals surface area contributed by atoms with Crippen molar-refractivity contribution < 1.29 is 14.7 Å². The molecule has 0 aromatic heterocycles. The summed E-state index contributed by atoms with van der Waals surface area (Å²) >= 11 is 1.64. The minimum atomic E-state index is -0.384. The summed E-state index contributed by atoms with van der Waals surface area (Å²) in [5.74, 6) is 1.41. The molecule has 1 unspecified atom stereocenters. The SMILES string of the molecule is O=C1CCSCC(C(=O)N2CCC(O)CC2)N1. The summed E-state index contributed by atoms with van der Waals surface area (Å²) in [7, 11) is 0. The van der Waals surface area contributed by atoms with Gasteiger partial charge in [-0.3, -0.25) is 9.59 Å². The number of nitrogens with one attached hydrogen (secondary N) is 1. The molecule has 1 atom stereocenters. The Labute approximate surface area is 105 Å². The predicted molar refractivity (Wildman–Crippen MR) is 65.7 cm³/mol. The first-order chi connectivity index (χ1) is 8.16. The predicted octanol–water partition coefficient (Wildman–Crippen LogP) is -0.409. The molecule has 5 nitrogen and oxygen atoms in total. The number of nitrogens with zero attached hydrogens (tertiary/aromatic N) is 1. The van der Waals surface area contributed by atoms with Gasteiger partial charge in [-0.05, 0) is 12.8 Å². The summed E-state index contributed by atoms with van der Waals surface area (Å²) in [4.78, 5) is 25.3. The van der Waals surface area contributed by atoms with E-state index in [0.29, 0.717) is 38.1 Å². The molecule has 0 aliphatic carbocycles. The first-order valence-electron chi connectivity index (χ1n) is 6.01. The van der Waals surface area contributed by atoms with E-state index in [4.69, 9.17) is 0 Å². The second-order valence-corrected chi connectivity index (χ2v) is 5.65. The summed E-state index contributed by atoms with van der Waals surface area (Å²) in [6.45, 7) is 1.19. The van der Waals surface area contributed by atoms with Crippen molar-refractivity contribution in [3.8, 4) is 0 Å². The maximum absolute atomic E-state index is 12.2. The molecule has 6 heteroatoms. The monoisotopic (exact) mass is 258 g/mol. The van der Waals surface area contributed by atoms with Crippen LogP contribution in [0, 0.1) is 0 Å². The molecule has 0 radical (unpaired) electrons. The maximum Gasteiger partial charge on any atom is 0.246 e. The number of amides is 2. The molecule has 2 heterocycles. The Bertz CT molecular complexity index is 303. The second kappa shape index (κ2) is 5.73. The number of thioether (sulfide) groups is 1. The molecule has 2 N–H and O–H groups in total. The smallest absolute Gasteiger partial charge is 0.246 e. The zero-order valence-corrected chi connectivity index (χ0v) is 10.5.